The quantitative estimate of drug-likeness (QED) is 0.254. The van der Waals surface area contributed by atoms with Crippen molar-refractivity contribution in [1.82, 2.24) is 10.6 Å². The van der Waals surface area contributed by atoms with Crippen molar-refractivity contribution in [3.05, 3.63) is 53.1 Å². The fourth-order valence-electron chi connectivity index (χ4n) is 3.42. The Balaban J connectivity index is 0.00000363. The Morgan fingerprint density at radius 1 is 1.25 bits per heavy atom. The summed E-state index contributed by atoms with van der Waals surface area (Å²) in [6.07, 6.45) is 1.05. The number of guanidine groups is 1. The molecule has 0 radical (unpaired) electrons. The molecule has 0 bridgehead atoms. The van der Waals surface area contributed by atoms with Crippen LogP contribution in [-0.4, -0.2) is 33.6 Å². The monoisotopic (exact) mass is 574 g/mol. The third-order valence-electron chi connectivity index (χ3n) is 4.82. The van der Waals surface area contributed by atoms with E-state index in [4.69, 9.17) is 14.6 Å². The first-order valence-corrected chi connectivity index (χ1v) is 11.9. The van der Waals surface area contributed by atoms with Gasteiger partial charge in [0.05, 0.1) is 18.0 Å². The molecule has 10 heteroatoms. The number of benzene rings is 2. The summed E-state index contributed by atoms with van der Waals surface area (Å²) in [7, 11) is -3.75. The lowest BCUT2D eigenvalue weighted by Crippen LogP contribution is -2.36. The van der Waals surface area contributed by atoms with Crippen LogP contribution in [0.2, 0.25) is 0 Å². The number of nitrogens with two attached hydrogens (primary N) is 1. The second-order valence-corrected chi connectivity index (χ2v) is 8.94. The van der Waals surface area contributed by atoms with Crippen LogP contribution in [0.15, 0.2) is 46.3 Å². The first-order valence-electron chi connectivity index (χ1n) is 10.4. The van der Waals surface area contributed by atoms with Crippen molar-refractivity contribution < 1.29 is 17.9 Å². The Morgan fingerprint density at radius 3 is 2.72 bits per heavy atom. The number of hydrogen-bond donors (Lipinski definition) is 3. The van der Waals surface area contributed by atoms with E-state index < -0.39 is 10.0 Å². The molecule has 1 aliphatic heterocycles. The first kappa shape index (κ1) is 26.2. The van der Waals surface area contributed by atoms with Gasteiger partial charge in [0.1, 0.15) is 17.6 Å². The van der Waals surface area contributed by atoms with Crippen LogP contribution in [0, 0.1) is 0 Å². The summed E-state index contributed by atoms with van der Waals surface area (Å²) in [5, 5.41) is 11.7. The molecule has 8 nitrogen and oxygen atoms in total. The number of hydrogen-bond acceptors (Lipinski definition) is 5. The molecule has 0 aliphatic carbocycles. The molecule has 32 heavy (non-hydrogen) atoms. The van der Waals surface area contributed by atoms with Crippen LogP contribution >= 0.6 is 24.0 Å². The van der Waals surface area contributed by atoms with Crippen LogP contribution < -0.4 is 25.2 Å². The van der Waals surface area contributed by atoms with E-state index in [1.807, 2.05) is 26.0 Å². The minimum Gasteiger partial charge on any atom is -0.494 e. The zero-order chi connectivity index (χ0) is 22.4. The summed E-state index contributed by atoms with van der Waals surface area (Å²) >= 11 is 0. The average molecular weight is 574 g/mol. The van der Waals surface area contributed by atoms with Crippen molar-refractivity contribution in [3.8, 4) is 11.5 Å². The summed E-state index contributed by atoms with van der Waals surface area (Å²) in [5.41, 5.74) is 2.89. The molecule has 1 unspecified atom stereocenters. The molecule has 0 saturated carbocycles. The average Bonchev–Trinajstić information content (AvgIpc) is 3.08. The fraction of sp³-hybridized carbons (Fsp3) is 0.409. The molecule has 1 aliphatic rings. The predicted octanol–water partition coefficient (Wildman–Crippen LogP) is 2.93. The summed E-state index contributed by atoms with van der Waals surface area (Å²) < 4.78 is 34.9. The number of rotatable bonds is 8. The second kappa shape index (κ2) is 11.7. The van der Waals surface area contributed by atoms with Crippen molar-refractivity contribution in [2.75, 3.05) is 13.2 Å². The molecule has 2 aromatic rings. The molecule has 2 aromatic carbocycles. The van der Waals surface area contributed by atoms with E-state index in [9.17, 15) is 8.42 Å². The third-order valence-corrected chi connectivity index (χ3v) is 5.73. The summed E-state index contributed by atoms with van der Waals surface area (Å²) in [6.45, 7) is 8.08. The smallest absolute Gasteiger partial charge is 0.238 e. The maximum Gasteiger partial charge on any atom is 0.238 e. The van der Waals surface area contributed by atoms with Crippen LogP contribution in [0.3, 0.4) is 0 Å². The standard InChI is InChI=1S/C22H30N4O4S.HI/c1-4-24-22(25-13-16-7-6-8-19(10-16)31(23,27)28)26-14-18-12-21-17(9-15(3)30-21)11-20(18)29-5-2;/h6-8,10-12,15H,4-5,9,13-14H2,1-3H3,(H2,23,27,28)(H2,24,25,26);1H. The summed E-state index contributed by atoms with van der Waals surface area (Å²) in [5.74, 6) is 2.35. The van der Waals surface area contributed by atoms with Crippen LogP contribution in [-0.2, 0) is 29.5 Å². The van der Waals surface area contributed by atoms with Crippen LogP contribution in [0.1, 0.15) is 37.5 Å². The number of nitrogens with one attached hydrogen (secondary N) is 2. The van der Waals surface area contributed by atoms with Crippen molar-refractivity contribution in [3.63, 3.8) is 0 Å². The van der Waals surface area contributed by atoms with E-state index in [0.717, 1.165) is 34.6 Å². The molecular weight excluding hydrogens is 543 g/mol. The molecule has 1 atom stereocenters. The third kappa shape index (κ3) is 6.97. The van der Waals surface area contributed by atoms with Gasteiger partial charge < -0.3 is 20.1 Å². The lowest BCUT2D eigenvalue weighted by Gasteiger charge is -2.15. The van der Waals surface area contributed by atoms with Gasteiger partial charge in [0.25, 0.3) is 0 Å². The van der Waals surface area contributed by atoms with E-state index >= 15 is 0 Å². The number of halogens is 1. The van der Waals surface area contributed by atoms with E-state index in [-0.39, 0.29) is 35.0 Å². The molecule has 1 heterocycles. The molecule has 4 N–H and O–H groups in total. The summed E-state index contributed by atoms with van der Waals surface area (Å²) in [6, 6.07) is 10.6. The normalized spacial score (nSPS) is 15.4. The number of sulfonamides is 1. The van der Waals surface area contributed by atoms with Gasteiger partial charge in [-0.1, -0.05) is 12.1 Å². The van der Waals surface area contributed by atoms with Crippen LogP contribution in [0.4, 0.5) is 0 Å². The molecule has 0 fully saturated rings. The zero-order valence-electron chi connectivity index (χ0n) is 18.6. The molecule has 0 aromatic heterocycles. The first-order chi connectivity index (χ1) is 14.8. The molecule has 0 amide bonds. The lowest BCUT2D eigenvalue weighted by atomic mass is 10.1. The maximum atomic E-state index is 11.6. The molecular formula is C22H31IN4O4S. The molecule has 176 valence electrons. The largest absolute Gasteiger partial charge is 0.494 e. The topological polar surface area (TPSA) is 115 Å². The highest BCUT2D eigenvalue weighted by Crippen LogP contribution is 2.35. The van der Waals surface area contributed by atoms with E-state index in [2.05, 4.69) is 28.6 Å². The second-order valence-electron chi connectivity index (χ2n) is 7.37. The van der Waals surface area contributed by atoms with Gasteiger partial charge in [-0.2, -0.15) is 0 Å². The van der Waals surface area contributed by atoms with Crippen molar-refractivity contribution in [1.29, 1.82) is 0 Å². The molecule has 0 spiro atoms. The molecule has 3 rings (SSSR count). The predicted molar refractivity (Wildman–Crippen MR) is 136 cm³/mol. The molecule has 0 saturated heterocycles. The Bertz CT molecular complexity index is 1060. The van der Waals surface area contributed by atoms with Gasteiger partial charge in [-0.3, -0.25) is 0 Å². The highest BCUT2D eigenvalue weighted by atomic mass is 127. The van der Waals surface area contributed by atoms with Gasteiger partial charge in [0.15, 0.2) is 5.96 Å². The van der Waals surface area contributed by atoms with E-state index in [1.165, 1.54) is 12.1 Å². The van der Waals surface area contributed by atoms with Gasteiger partial charge in [-0.15, -0.1) is 24.0 Å². The Hall–Kier alpha value is -2.05. The van der Waals surface area contributed by atoms with Gasteiger partial charge in [0.2, 0.25) is 10.0 Å². The zero-order valence-corrected chi connectivity index (χ0v) is 21.7. The minimum atomic E-state index is -3.75. The highest BCUT2D eigenvalue weighted by Gasteiger charge is 2.22. The van der Waals surface area contributed by atoms with Gasteiger partial charge >= 0.3 is 0 Å². The van der Waals surface area contributed by atoms with Gasteiger partial charge in [-0.25, -0.2) is 18.5 Å². The van der Waals surface area contributed by atoms with Crippen molar-refractivity contribution >= 4 is 40.0 Å². The van der Waals surface area contributed by atoms with Gasteiger partial charge in [0, 0.05) is 30.6 Å². The number of fused-ring (bicyclic) bond motifs is 1. The fourth-order valence-corrected chi connectivity index (χ4v) is 4.01. The number of ether oxygens (including phenoxy) is 2. The lowest BCUT2D eigenvalue weighted by molar-refractivity contribution is 0.254. The van der Waals surface area contributed by atoms with Gasteiger partial charge in [-0.05, 0) is 50.6 Å². The maximum absolute atomic E-state index is 11.6. The number of aliphatic imine (C=N–C) groups is 1. The van der Waals surface area contributed by atoms with Crippen LogP contribution in [0.25, 0.3) is 0 Å². The Morgan fingerprint density at radius 2 is 2.03 bits per heavy atom. The van der Waals surface area contributed by atoms with Crippen molar-refractivity contribution in [2.45, 2.75) is 51.3 Å². The Kier molecular flexibility index (Phi) is 9.59. The van der Waals surface area contributed by atoms with Crippen molar-refractivity contribution in [2.24, 2.45) is 10.1 Å². The number of nitrogens with zero attached hydrogens (tertiary/aromatic N) is 1. The number of primary sulfonamides is 1. The minimum absolute atomic E-state index is 0. The Labute approximate surface area is 207 Å². The SMILES string of the molecule is CCNC(=NCc1cccc(S(N)(=O)=O)c1)NCc1cc2c(cc1OCC)CC(C)O2.I. The summed E-state index contributed by atoms with van der Waals surface area (Å²) in [4.78, 5) is 4.64. The van der Waals surface area contributed by atoms with Crippen LogP contribution in [0.5, 0.6) is 11.5 Å². The van der Waals surface area contributed by atoms with E-state index in [1.54, 1.807) is 6.07 Å². The highest BCUT2D eigenvalue weighted by molar-refractivity contribution is 14.0. The van der Waals surface area contributed by atoms with E-state index in [0.29, 0.717) is 32.2 Å².